The third-order valence-corrected chi connectivity index (χ3v) is 3.79. The lowest BCUT2D eigenvalue weighted by molar-refractivity contribution is 0.479. The number of anilines is 1. The minimum absolute atomic E-state index is 0.494. The third-order valence-electron chi connectivity index (χ3n) is 2.88. The molecule has 4 nitrogen and oxygen atoms in total. The molecule has 1 saturated heterocycles. The Hall–Kier alpha value is -1.20. The molecule has 0 amide bonds. The molecule has 84 valence electrons. The highest BCUT2D eigenvalue weighted by Gasteiger charge is 2.14. The van der Waals surface area contributed by atoms with Crippen LogP contribution in [-0.4, -0.2) is 29.1 Å². The maximum absolute atomic E-state index is 4.33. The van der Waals surface area contributed by atoms with Crippen molar-refractivity contribution in [1.29, 1.82) is 0 Å². The van der Waals surface area contributed by atoms with E-state index in [1.165, 1.54) is 12.8 Å². The van der Waals surface area contributed by atoms with Gasteiger partial charge in [-0.25, -0.2) is 9.97 Å². The van der Waals surface area contributed by atoms with Crippen molar-refractivity contribution in [2.24, 2.45) is 0 Å². The van der Waals surface area contributed by atoms with Crippen LogP contribution in [0.25, 0.3) is 10.2 Å². The normalized spacial score (nSPS) is 21.1. The molecule has 2 aromatic rings. The van der Waals surface area contributed by atoms with E-state index in [0.717, 1.165) is 29.1 Å². The van der Waals surface area contributed by atoms with Crippen LogP contribution in [0.1, 0.15) is 12.8 Å². The number of rotatable bonds is 2. The summed E-state index contributed by atoms with van der Waals surface area (Å²) in [6, 6.07) is 2.53. The van der Waals surface area contributed by atoms with E-state index in [4.69, 9.17) is 0 Å². The van der Waals surface area contributed by atoms with E-state index in [1.54, 1.807) is 17.7 Å². The topological polar surface area (TPSA) is 49.8 Å². The summed E-state index contributed by atoms with van der Waals surface area (Å²) < 4.78 is 1.16. The first-order valence-electron chi connectivity index (χ1n) is 5.59. The van der Waals surface area contributed by atoms with Crippen LogP contribution in [-0.2, 0) is 0 Å². The summed E-state index contributed by atoms with van der Waals surface area (Å²) >= 11 is 1.69. The standard InChI is InChI=1S/C11H14N4S/c1-2-8(6-12-4-1)15-11-10-9(3-5-16-10)13-7-14-11/h3,5,7-8,12H,1-2,4,6H2,(H,13,14,15). The number of nitrogens with one attached hydrogen (secondary N) is 2. The molecule has 1 atom stereocenters. The number of piperidine rings is 1. The van der Waals surface area contributed by atoms with Crippen molar-refractivity contribution in [2.75, 3.05) is 18.4 Å². The fourth-order valence-electron chi connectivity index (χ4n) is 2.06. The number of hydrogen-bond donors (Lipinski definition) is 2. The molecule has 16 heavy (non-hydrogen) atoms. The van der Waals surface area contributed by atoms with E-state index in [1.807, 2.05) is 6.07 Å². The Kier molecular flexibility index (Phi) is 2.71. The molecule has 1 fully saturated rings. The molecule has 2 aromatic heterocycles. The molecule has 1 aliphatic heterocycles. The zero-order valence-electron chi connectivity index (χ0n) is 8.94. The van der Waals surface area contributed by atoms with Crippen LogP contribution in [0.15, 0.2) is 17.8 Å². The average molecular weight is 234 g/mol. The van der Waals surface area contributed by atoms with Crippen molar-refractivity contribution >= 4 is 27.4 Å². The number of fused-ring (bicyclic) bond motifs is 1. The predicted octanol–water partition coefficient (Wildman–Crippen LogP) is 1.86. The van der Waals surface area contributed by atoms with Crippen molar-refractivity contribution < 1.29 is 0 Å². The maximum Gasteiger partial charge on any atom is 0.147 e. The molecule has 3 rings (SSSR count). The highest BCUT2D eigenvalue weighted by molar-refractivity contribution is 7.17. The number of hydrogen-bond acceptors (Lipinski definition) is 5. The lowest BCUT2D eigenvalue weighted by Gasteiger charge is -2.24. The smallest absolute Gasteiger partial charge is 0.147 e. The zero-order valence-corrected chi connectivity index (χ0v) is 9.76. The van der Waals surface area contributed by atoms with E-state index < -0.39 is 0 Å². The molecule has 0 radical (unpaired) electrons. The summed E-state index contributed by atoms with van der Waals surface area (Å²) in [4.78, 5) is 8.57. The molecule has 2 N–H and O–H groups in total. The first kappa shape index (κ1) is 9.99. The van der Waals surface area contributed by atoms with Gasteiger partial charge in [0.1, 0.15) is 12.1 Å². The quantitative estimate of drug-likeness (QED) is 0.832. The zero-order chi connectivity index (χ0) is 10.8. The predicted molar refractivity (Wildman–Crippen MR) is 66.9 cm³/mol. The van der Waals surface area contributed by atoms with E-state index in [2.05, 4.69) is 26.0 Å². The summed E-state index contributed by atoms with van der Waals surface area (Å²) in [7, 11) is 0. The molecular formula is C11H14N4S. The Morgan fingerprint density at radius 1 is 1.44 bits per heavy atom. The molecule has 1 unspecified atom stereocenters. The molecule has 1 aliphatic rings. The molecule has 0 saturated carbocycles. The summed E-state index contributed by atoms with van der Waals surface area (Å²) in [5.74, 6) is 0.980. The summed E-state index contributed by atoms with van der Waals surface area (Å²) in [6.45, 7) is 2.16. The highest BCUT2D eigenvalue weighted by Crippen LogP contribution is 2.25. The molecule has 0 bridgehead atoms. The molecule has 0 aromatic carbocycles. The van der Waals surface area contributed by atoms with E-state index >= 15 is 0 Å². The van der Waals surface area contributed by atoms with Crippen LogP contribution in [0.3, 0.4) is 0 Å². The molecule has 0 spiro atoms. The van der Waals surface area contributed by atoms with Crippen molar-refractivity contribution in [1.82, 2.24) is 15.3 Å². The van der Waals surface area contributed by atoms with Crippen LogP contribution in [0.5, 0.6) is 0 Å². The fourth-order valence-corrected chi connectivity index (χ4v) is 2.86. The van der Waals surface area contributed by atoms with Gasteiger partial charge >= 0.3 is 0 Å². The average Bonchev–Trinajstić information content (AvgIpc) is 2.80. The first-order valence-corrected chi connectivity index (χ1v) is 6.47. The second-order valence-electron chi connectivity index (χ2n) is 4.04. The van der Waals surface area contributed by atoms with E-state index in [-0.39, 0.29) is 0 Å². The lowest BCUT2D eigenvalue weighted by Crippen LogP contribution is -2.38. The number of nitrogens with zero attached hydrogens (tertiary/aromatic N) is 2. The van der Waals surface area contributed by atoms with Crippen molar-refractivity contribution in [3.63, 3.8) is 0 Å². The van der Waals surface area contributed by atoms with Crippen LogP contribution >= 0.6 is 11.3 Å². The van der Waals surface area contributed by atoms with Crippen molar-refractivity contribution in [2.45, 2.75) is 18.9 Å². The SMILES string of the molecule is c1nc(NC2CCCNC2)c2sccc2n1. The lowest BCUT2D eigenvalue weighted by atomic mass is 10.1. The van der Waals surface area contributed by atoms with Gasteiger partial charge in [-0.1, -0.05) is 0 Å². The highest BCUT2D eigenvalue weighted by atomic mass is 32.1. The van der Waals surface area contributed by atoms with E-state index in [0.29, 0.717) is 6.04 Å². The first-order chi connectivity index (χ1) is 7.93. The Labute approximate surface area is 98.1 Å². The Bertz CT molecular complexity index is 476. The van der Waals surface area contributed by atoms with Crippen LogP contribution in [0.2, 0.25) is 0 Å². The van der Waals surface area contributed by atoms with Crippen LogP contribution in [0.4, 0.5) is 5.82 Å². The van der Waals surface area contributed by atoms with E-state index in [9.17, 15) is 0 Å². The van der Waals surface area contributed by atoms with Gasteiger partial charge < -0.3 is 10.6 Å². The second kappa shape index (κ2) is 4.35. The number of thiophene rings is 1. The summed E-state index contributed by atoms with van der Waals surface area (Å²) in [5.41, 5.74) is 1.03. The van der Waals surface area contributed by atoms with Gasteiger partial charge in [-0.15, -0.1) is 11.3 Å². The third kappa shape index (κ3) is 1.88. The van der Waals surface area contributed by atoms with Crippen molar-refractivity contribution in [3.8, 4) is 0 Å². The van der Waals surface area contributed by atoms with Gasteiger partial charge in [0.2, 0.25) is 0 Å². The minimum Gasteiger partial charge on any atom is -0.365 e. The Morgan fingerprint density at radius 2 is 2.44 bits per heavy atom. The van der Waals surface area contributed by atoms with Crippen LogP contribution in [0, 0.1) is 0 Å². The van der Waals surface area contributed by atoms with Gasteiger partial charge in [0, 0.05) is 12.6 Å². The van der Waals surface area contributed by atoms with Gasteiger partial charge in [-0.05, 0) is 30.8 Å². The second-order valence-corrected chi connectivity index (χ2v) is 4.96. The molecule has 5 heteroatoms. The summed E-state index contributed by atoms with van der Waals surface area (Å²) in [6.07, 6.45) is 4.08. The number of aromatic nitrogens is 2. The van der Waals surface area contributed by atoms with Gasteiger partial charge in [0.05, 0.1) is 10.2 Å². The molecular weight excluding hydrogens is 220 g/mol. The fraction of sp³-hybridized carbons (Fsp3) is 0.455. The Morgan fingerprint density at radius 3 is 3.31 bits per heavy atom. The largest absolute Gasteiger partial charge is 0.365 e. The van der Waals surface area contributed by atoms with Gasteiger partial charge in [0.25, 0.3) is 0 Å². The summed E-state index contributed by atoms with van der Waals surface area (Å²) in [5, 5.41) is 8.96. The Balaban J connectivity index is 1.85. The minimum atomic E-state index is 0.494. The van der Waals surface area contributed by atoms with Gasteiger partial charge in [0.15, 0.2) is 0 Å². The molecule has 3 heterocycles. The van der Waals surface area contributed by atoms with Crippen LogP contribution < -0.4 is 10.6 Å². The monoisotopic (exact) mass is 234 g/mol. The van der Waals surface area contributed by atoms with Gasteiger partial charge in [-0.2, -0.15) is 0 Å². The molecule has 0 aliphatic carbocycles. The van der Waals surface area contributed by atoms with Crippen molar-refractivity contribution in [3.05, 3.63) is 17.8 Å². The maximum atomic E-state index is 4.33. The van der Waals surface area contributed by atoms with Gasteiger partial charge in [-0.3, -0.25) is 0 Å².